The van der Waals surface area contributed by atoms with Crippen molar-refractivity contribution in [2.24, 2.45) is 0 Å². The van der Waals surface area contributed by atoms with Gasteiger partial charge in [0.25, 0.3) is 0 Å². The molecule has 0 saturated carbocycles. The number of nitrogens with zero attached hydrogens (tertiary/aromatic N) is 3. The van der Waals surface area contributed by atoms with Crippen molar-refractivity contribution in [3.05, 3.63) is 185 Å². The van der Waals surface area contributed by atoms with Gasteiger partial charge in [-0.3, -0.25) is 9.57 Å². The predicted octanol–water partition coefficient (Wildman–Crippen LogP) is 8.91. The van der Waals surface area contributed by atoms with Gasteiger partial charge in [0, 0.05) is 19.6 Å². The third-order valence-corrected chi connectivity index (χ3v) is 12.2. The highest BCUT2D eigenvalue weighted by Crippen LogP contribution is 2.50. The second-order valence-electron chi connectivity index (χ2n) is 15.2. The van der Waals surface area contributed by atoms with Crippen LogP contribution in [0.25, 0.3) is 0 Å². The van der Waals surface area contributed by atoms with Crippen LogP contribution in [0, 0.1) is 0 Å². The third kappa shape index (κ3) is 12.0. The number of β-amino-alcohol motifs (C(OH)–C–C–N with tert-alkyl or cyclic N) is 1. The summed E-state index contributed by atoms with van der Waals surface area (Å²) in [6.45, 7) is 0.680. The van der Waals surface area contributed by atoms with E-state index in [1.54, 1.807) is 52.4 Å². The van der Waals surface area contributed by atoms with Crippen molar-refractivity contribution in [3.63, 3.8) is 0 Å². The van der Waals surface area contributed by atoms with Gasteiger partial charge < -0.3 is 43.5 Å². The van der Waals surface area contributed by atoms with Crippen LogP contribution in [-0.4, -0.2) is 75.5 Å². The number of hydrogen-bond donors (Lipinski definition) is 3. The number of phenols is 2. The first-order valence-electron chi connectivity index (χ1n) is 20.5. The molecule has 0 aromatic heterocycles. The quantitative estimate of drug-likeness (QED) is 0.0670. The third-order valence-electron chi connectivity index (χ3n) is 10.7. The summed E-state index contributed by atoms with van der Waals surface area (Å²) in [5.41, 5.74) is 4.70. The Bertz CT molecular complexity index is 2410. The molecule has 2 unspecified atom stereocenters. The number of aliphatic hydroxyl groups excluding tert-OH is 1. The molecule has 0 bridgehead atoms. The molecular formula is C49H52N3O10P. The van der Waals surface area contributed by atoms with Crippen molar-refractivity contribution in [1.82, 2.24) is 14.9 Å². The number of urea groups is 1. The topological polar surface area (TPSA) is 151 Å². The fourth-order valence-corrected chi connectivity index (χ4v) is 8.59. The van der Waals surface area contributed by atoms with Gasteiger partial charge in [0.05, 0.1) is 46.1 Å². The van der Waals surface area contributed by atoms with Gasteiger partial charge in [0.2, 0.25) is 0 Å². The lowest BCUT2D eigenvalue weighted by atomic mass is 9.98. The number of hydrogen-bond acceptors (Lipinski definition) is 11. The van der Waals surface area contributed by atoms with Crippen LogP contribution in [0.1, 0.15) is 33.4 Å². The summed E-state index contributed by atoms with van der Waals surface area (Å²) in [7, 11) is -0.887. The molecular weight excluding hydrogens is 822 g/mol. The molecule has 63 heavy (non-hydrogen) atoms. The highest BCUT2D eigenvalue weighted by molar-refractivity contribution is 7.53. The summed E-state index contributed by atoms with van der Waals surface area (Å²) in [5.74, 6) is 0.829. The largest absolute Gasteiger partial charge is 0.504 e. The van der Waals surface area contributed by atoms with E-state index in [1.165, 1.54) is 26.4 Å². The average molecular weight is 874 g/mol. The maximum absolute atomic E-state index is 15.2. The highest BCUT2D eigenvalue weighted by atomic mass is 31.2. The lowest BCUT2D eigenvalue weighted by Crippen LogP contribution is -2.51. The number of methoxy groups -OCH3 is 2. The van der Waals surface area contributed by atoms with E-state index in [4.69, 9.17) is 23.3 Å². The van der Waals surface area contributed by atoms with Crippen molar-refractivity contribution < 1.29 is 47.9 Å². The number of amides is 2. The first-order valence-corrected chi connectivity index (χ1v) is 22.3. The Balaban J connectivity index is 1.18. The van der Waals surface area contributed by atoms with Crippen LogP contribution >= 0.6 is 7.60 Å². The minimum atomic E-state index is -3.80. The molecule has 1 saturated heterocycles. The van der Waals surface area contributed by atoms with Gasteiger partial charge in [-0.15, -0.1) is 0 Å². The van der Waals surface area contributed by atoms with Crippen LogP contribution in [0.2, 0.25) is 0 Å². The Morgan fingerprint density at radius 1 is 0.603 bits per heavy atom. The van der Waals surface area contributed by atoms with E-state index < -0.39 is 19.7 Å². The van der Waals surface area contributed by atoms with Crippen molar-refractivity contribution in [2.75, 3.05) is 27.1 Å². The molecule has 2 atom stereocenters. The van der Waals surface area contributed by atoms with Crippen LogP contribution in [0.15, 0.2) is 152 Å². The molecule has 328 valence electrons. The van der Waals surface area contributed by atoms with Crippen molar-refractivity contribution in [2.45, 2.75) is 51.4 Å². The number of phenolic OH excluding ortho intramolecular Hbond substituents is 2. The molecule has 3 N–H and O–H groups in total. The fraction of sp³-hybridized carbons (Fsp3) is 0.245. The molecule has 0 aliphatic carbocycles. The Kier molecular flexibility index (Phi) is 15.0. The maximum atomic E-state index is 15.2. The number of carbonyl (C=O) groups excluding carboxylic acids is 1. The number of ether oxygens (including phenoxy) is 3. The normalized spacial score (nSPS) is 15.8. The minimum Gasteiger partial charge on any atom is -0.504 e. The molecule has 1 aliphatic rings. The standard InChI is InChI=1S/C49H52N3O10P/c1-58-47-27-40(21-23-44(47)53)30-51-43(46(55)32-50(29-36-13-6-3-7-14-36)52(49(51)56)31-41-22-24-45(54)48(28-41)59-2)26-39-19-12-20-42(25-39)60-35-63(57,61-33-37-15-8-4-9-16-37)62-34-38-17-10-5-11-18-38/h3-25,27-28,43,46,53-55H,26,29-35H2,1-2H3. The van der Waals surface area contributed by atoms with Gasteiger partial charge in [-0.2, -0.15) is 0 Å². The van der Waals surface area contributed by atoms with Crippen molar-refractivity contribution in [1.29, 1.82) is 0 Å². The molecule has 1 heterocycles. The zero-order valence-corrected chi connectivity index (χ0v) is 36.1. The lowest BCUT2D eigenvalue weighted by molar-refractivity contribution is -0.0213. The smallest absolute Gasteiger partial charge is 0.368 e. The minimum absolute atomic E-state index is 0.0311. The predicted molar refractivity (Wildman–Crippen MR) is 238 cm³/mol. The number of hydrazine groups is 1. The van der Waals surface area contributed by atoms with Gasteiger partial charge in [-0.05, 0) is 76.2 Å². The summed E-state index contributed by atoms with van der Waals surface area (Å²) < 4.78 is 43.1. The number of aromatic hydroxyl groups is 2. The lowest BCUT2D eigenvalue weighted by Gasteiger charge is -2.36. The zero-order valence-electron chi connectivity index (χ0n) is 35.2. The summed E-state index contributed by atoms with van der Waals surface area (Å²) in [4.78, 5) is 16.8. The summed E-state index contributed by atoms with van der Waals surface area (Å²) in [6, 6.07) is 44.4. The fourth-order valence-electron chi connectivity index (χ4n) is 7.37. The molecule has 2 amide bonds. The molecule has 6 aromatic carbocycles. The molecule has 0 radical (unpaired) electrons. The summed E-state index contributed by atoms with van der Waals surface area (Å²) >= 11 is 0. The molecule has 13 nitrogen and oxygen atoms in total. The molecule has 14 heteroatoms. The van der Waals surface area contributed by atoms with E-state index in [1.807, 2.05) is 102 Å². The Morgan fingerprint density at radius 2 is 1.13 bits per heavy atom. The van der Waals surface area contributed by atoms with Gasteiger partial charge in [0.15, 0.2) is 29.3 Å². The molecule has 6 aromatic rings. The SMILES string of the molecule is COc1cc(CN2C(=O)N(Cc3ccc(O)c(OC)c3)N(Cc3ccccc3)CC(O)C2Cc2cccc(OCP(=O)(OCc3ccccc3)OCc3ccccc3)c2)ccc1O. The number of rotatable bonds is 19. The highest BCUT2D eigenvalue weighted by Gasteiger charge is 2.40. The van der Waals surface area contributed by atoms with Crippen LogP contribution in [0.3, 0.4) is 0 Å². The number of aliphatic hydroxyl groups is 1. The van der Waals surface area contributed by atoms with Gasteiger partial charge in [-0.25, -0.2) is 9.80 Å². The zero-order chi connectivity index (χ0) is 44.2. The van der Waals surface area contributed by atoms with Gasteiger partial charge in [0.1, 0.15) is 5.75 Å². The van der Waals surface area contributed by atoms with E-state index in [2.05, 4.69) is 0 Å². The summed E-state index contributed by atoms with van der Waals surface area (Å²) in [5, 5.41) is 36.5. The number of carbonyl (C=O) groups is 1. The molecule has 7 rings (SSSR count). The van der Waals surface area contributed by atoms with Crippen molar-refractivity contribution >= 4 is 13.6 Å². The van der Waals surface area contributed by atoms with Crippen LogP contribution < -0.4 is 14.2 Å². The Hall–Kier alpha value is -6.34. The molecule has 1 aliphatic heterocycles. The van der Waals surface area contributed by atoms with Crippen LogP contribution in [0.5, 0.6) is 28.7 Å². The maximum Gasteiger partial charge on any atom is 0.368 e. The first kappa shape index (κ1) is 44.7. The summed E-state index contributed by atoms with van der Waals surface area (Å²) in [6.07, 6.45) is -1.20. The van der Waals surface area contributed by atoms with Crippen molar-refractivity contribution in [3.8, 4) is 28.7 Å². The van der Waals surface area contributed by atoms with E-state index in [0.29, 0.717) is 23.4 Å². The first-order chi connectivity index (χ1) is 30.6. The molecule has 1 fully saturated rings. The number of benzene rings is 6. The van der Waals surface area contributed by atoms with Gasteiger partial charge in [-0.1, -0.05) is 115 Å². The average Bonchev–Trinajstić information content (AvgIpc) is 3.39. The van der Waals surface area contributed by atoms with E-state index in [9.17, 15) is 19.9 Å². The van der Waals surface area contributed by atoms with Crippen LogP contribution in [0.4, 0.5) is 4.79 Å². The van der Waals surface area contributed by atoms with E-state index in [-0.39, 0.29) is 74.6 Å². The molecule has 0 spiro atoms. The Morgan fingerprint density at radius 3 is 1.68 bits per heavy atom. The second-order valence-corrected chi connectivity index (χ2v) is 17.2. The monoisotopic (exact) mass is 873 g/mol. The second kappa shape index (κ2) is 21.2. The Labute approximate surface area is 367 Å². The van der Waals surface area contributed by atoms with E-state index >= 15 is 4.79 Å². The van der Waals surface area contributed by atoms with E-state index in [0.717, 1.165) is 22.3 Å². The van der Waals surface area contributed by atoms with Crippen LogP contribution in [-0.2, 0) is 52.9 Å². The van der Waals surface area contributed by atoms with Gasteiger partial charge >= 0.3 is 13.6 Å².